The second-order valence-electron chi connectivity index (χ2n) is 5.02. The zero-order chi connectivity index (χ0) is 14.0. The third-order valence-electron chi connectivity index (χ3n) is 3.50. The molecule has 1 saturated heterocycles. The monoisotopic (exact) mass is 264 g/mol. The number of hydrogen-bond acceptors (Lipinski definition) is 4. The van der Waals surface area contributed by atoms with Crippen LogP contribution in [0.15, 0.2) is 18.2 Å². The normalized spacial score (nSPS) is 23.4. The van der Waals surface area contributed by atoms with Crippen molar-refractivity contribution in [3.63, 3.8) is 0 Å². The fraction of sp³-hybridized carbons (Fsp3) is 0.500. The first-order chi connectivity index (χ1) is 9.02. The SMILES string of the molecule is Cc1ccc(C(=O)N2CC(CO)OCC2C)cc1N. The van der Waals surface area contributed by atoms with Gasteiger partial charge in [0.2, 0.25) is 0 Å². The summed E-state index contributed by atoms with van der Waals surface area (Å²) in [5.41, 5.74) is 7.99. The highest BCUT2D eigenvalue weighted by Gasteiger charge is 2.29. The number of nitrogens with two attached hydrogens (primary N) is 1. The number of nitrogen functional groups attached to an aromatic ring is 1. The number of carbonyl (C=O) groups is 1. The molecule has 3 N–H and O–H groups in total. The van der Waals surface area contributed by atoms with Gasteiger partial charge in [0.1, 0.15) is 0 Å². The van der Waals surface area contributed by atoms with Gasteiger partial charge in [-0.15, -0.1) is 0 Å². The van der Waals surface area contributed by atoms with Gasteiger partial charge in [0.25, 0.3) is 5.91 Å². The lowest BCUT2D eigenvalue weighted by Crippen LogP contribution is -2.52. The second-order valence-corrected chi connectivity index (χ2v) is 5.02. The van der Waals surface area contributed by atoms with Crippen LogP contribution in [-0.2, 0) is 4.74 Å². The molecule has 0 aromatic heterocycles. The molecule has 2 unspecified atom stereocenters. The summed E-state index contributed by atoms with van der Waals surface area (Å²) in [6.45, 7) is 4.61. The van der Waals surface area contributed by atoms with Gasteiger partial charge in [-0.25, -0.2) is 0 Å². The Balaban J connectivity index is 2.19. The van der Waals surface area contributed by atoms with Crippen molar-refractivity contribution in [2.75, 3.05) is 25.5 Å². The van der Waals surface area contributed by atoms with Crippen molar-refractivity contribution in [2.45, 2.75) is 26.0 Å². The Morgan fingerprint density at radius 2 is 2.32 bits per heavy atom. The molecular formula is C14H20N2O3. The van der Waals surface area contributed by atoms with E-state index in [2.05, 4.69) is 0 Å². The average molecular weight is 264 g/mol. The van der Waals surface area contributed by atoms with Gasteiger partial charge in [-0.2, -0.15) is 0 Å². The van der Waals surface area contributed by atoms with E-state index in [0.717, 1.165) is 5.56 Å². The molecule has 0 radical (unpaired) electrons. The van der Waals surface area contributed by atoms with Gasteiger partial charge < -0.3 is 20.5 Å². The summed E-state index contributed by atoms with van der Waals surface area (Å²) in [6, 6.07) is 5.33. The van der Waals surface area contributed by atoms with E-state index in [1.54, 1.807) is 17.0 Å². The smallest absolute Gasteiger partial charge is 0.254 e. The van der Waals surface area contributed by atoms with E-state index in [-0.39, 0.29) is 24.7 Å². The number of carbonyl (C=O) groups excluding carboxylic acids is 1. The van der Waals surface area contributed by atoms with Crippen LogP contribution < -0.4 is 5.73 Å². The molecule has 2 rings (SSSR count). The molecule has 1 aliphatic heterocycles. The quantitative estimate of drug-likeness (QED) is 0.775. The van der Waals surface area contributed by atoms with Crippen LogP contribution in [0.3, 0.4) is 0 Å². The van der Waals surface area contributed by atoms with Gasteiger partial charge in [0.15, 0.2) is 0 Å². The Kier molecular flexibility index (Phi) is 4.07. The lowest BCUT2D eigenvalue weighted by molar-refractivity contribution is -0.0667. The third-order valence-corrected chi connectivity index (χ3v) is 3.50. The highest BCUT2D eigenvalue weighted by Crippen LogP contribution is 2.18. The average Bonchev–Trinajstić information content (AvgIpc) is 2.41. The molecule has 0 aliphatic carbocycles. The Hall–Kier alpha value is -1.59. The number of aryl methyl sites for hydroxylation is 1. The van der Waals surface area contributed by atoms with E-state index in [9.17, 15) is 4.79 Å². The molecule has 1 fully saturated rings. The molecule has 1 aliphatic rings. The summed E-state index contributed by atoms with van der Waals surface area (Å²) < 4.78 is 5.43. The van der Waals surface area contributed by atoms with E-state index < -0.39 is 0 Å². The van der Waals surface area contributed by atoms with Crippen molar-refractivity contribution in [3.8, 4) is 0 Å². The van der Waals surface area contributed by atoms with Gasteiger partial charge >= 0.3 is 0 Å². The first kappa shape index (κ1) is 13.8. The van der Waals surface area contributed by atoms with Gasteiger partial charge in [-0.05, 0) is 31.5 Å². The van der Waals surface area contributed by atoms with E-state index in [1.165, 1.54) is 0 Å². The number of benzene rings is 1. The molecule has 1 heterocycles. The van der Waals surface area contributed by atoms with Crippen LogP contribution in [0.1, 0.15) is 22.8 Å². The van der Waals surface area contributed by atoms with Crippen LogP contribution in [-0.4, -0.2) is 47.8 Å². The predicted octanol–water partition coefficient (Wildman–Crippen LogP) is 0.799. The maximum Gasteiger partial charge on any atom is 0.254 e. The van der Waals surface area contributed by atoms with Crippen molar-refractivity contribution < 1.29 is 14.6 Å². The Bertz CT molecular complexity index is 476. The Labute approximate surface area is 113 Å². The van der Waals surface area contributed by atoms with E-state index >= 15 is 0 Å². The van der Waals surface area contributed by atoms with Crippen molar-refractivity contribution >= 4 is 11.6 Å². The van der Waals surface area contributed by atoms with Crippen molar-refractivity contribution in [1.82, 2.24) is 4.90 Å². The zero-order valence-electron chi connectivity index (χ0n) is 11.3. The van der Waals surface area contributed by atoms with E-state index in [0.29, 0.717) is 24.4 Å². The summed E-state index contributed by atoms with van der Waals surface area (Å²) in [6.07, 6.45) is -0.303. The minimum atomic E-state index is -0.303. The molecule has 19 heavy (non-hydrogen) atoms. The van der Waals surface area contributed by atoms with E-state index in [4.69, 9.17) is 15.6 Å². The van der Waals surface area contributed by atoms with Gasteiger partial charge in [-0.1, -0.05) is 6.07 Å². The number of amides is 1. The Morgan fingerprint density at radius 1 is 1.58 bits per heavy atom. The Morgan fingerprint density at radius 3 is 2.95 bits per heavy atom. The first-order valence-electron chi connectivity index (χ1n) is 6.42. The third kappa shape index (κ3) is 2.88. The highest BCUT2D eigenvalue weighted by molar-refractivity contribution is 5.95. The summed E-state index contributed by atoms with van der Waals surface area (Å²) in [5.74, 6) is -0.0686. The fourth-order valence-corrected chi connectivity index (χ4v) is 2.15. The maximum absolute atomic E-state index is 12.5. The van der Waals surface area contributed by atoms with Gasteiger partial charge in [0.05, 0.1) is 25.4 Å². The molecule has 104 valence electrons. The number of nitrogens with zero attached hydrogens (tertiary/aromatic N) is 1. The number of rotatable bonds is 2. The summed E-state index contributed by atoms with van der Waals surface area (Å²) in [7, 11) is 0. The molecule has 5 nitrogen and oxygen atoms in total. The standard InChI is InChI=1S/C14H20N2O3/c1-9-3-4-11(5-13(9)15)14(18)16-6-12(7-17)19-8-10(16)2/h3-5,10,12,17H,6-8,15H2,1-2H3. The predicted molar refractivity (Wildman–Crippen MR) is 72.9 cm³/mol. The molecule has 0 saturated carbocycles. The number of morpholine rings is 1. The summed E-state index contributed by atoms with van der Waals surface area (Å²) in [5, 5.41) is 9.14. The first-order valence-corrected chi connectivity index (χ1v) is 6.42. The second kappa shape index (κ2) is 5.59. The summed E-state index contributed by atoms with van der Waals surface area (Å²) in [4.78, 5) is 14.2. The lowest BCUT2D eigenvalue weighted by Gasteiger charge is -2.37. The topological polar surface area (TPSA) is 75.8 Å². The molecule has 5 heteroatoms. The highest BCUT2D eigenvalue weighted by atomic mass is 16.5. The molecule has 1 aromatic rings. The van der Waals surface area contributed by atoms with Crippen LogP contribution in [0.4, 0.5) is 5.69 Å². The van der Waals surface area contributed by atoms with Gasteiger partial charge in [0, 0.05) is 17.8 Å². The zero-order valence-corrected chi connectivity index (χ0v) is 11.3. The minimum absolute atomic E-state index is 0.00201. The molecule has 0 spiro atoms. The minimum Gasteiger partial charge on any atom is -0.398 e. The molecule has 1 aromatic carbocycles. The van der Waals surface area contributed by atoms with Crippen LogP contribution >= 0.6 is 0 Å². The van der Waals surface area contributed by atoms with Crippen molar-refractivity contribution in [2.24, 2.45) is 0 Å². The van der Waals surface area contributed by atoms with Crippen molar-refractivity contribution in [1.29, 1.82) is 0 Å². The van der Waals surface area contributed by atoms with E-state index in [1.807, 2.05) is 19.9 Å². The van der Waals surface area contributed by atoms with Gasteiger partial charge in [-0.3, -0.25) is 4.79 Å². The molecule has 1 amide bonds. The van der Waals surface area contributed by atoms with Crippen molar-refractivity contribution in [3.05, 3.63) is 29.3 Å². The van der Waals surface area contributed by atoms with Crippen LogP contribution in [0.5, 0.6) is 0 Å². The number of aliphatic hydroxyl groups is 1. The molecule has 2 atom stereocenters. The number of hydrogen-bond donors (Lipinski definition) is 2. The van der Waals surface area contributed by atoms with Crippen LogP contribution in [0, 0.1) is 6.92 Å². The number of aliphatic hydroxyl groups excluding tert-OH is 1. The maximum atomic E-state index is 12.5. The fourth-order valence-electron chi connectivity index (χ4n) is 2.15. The molecular weight excluding hydrogens is 244 g/mol. The van der Waals surface area contributed by atoms with Crippen LogP contribution in [0.25, 0.3) is 0 Å². The molecule has 0 bridgehead atoms. The lowest BCUT2D eigenvalue weighted by atomic mass is 10.1. The van der Waals surface area contributed by atoms with Crippen LogP contribution in [0.2, 0.25) is 0 Å². The number of anilines is 1. The largest absolute Gasteiger partial charge is 0.398 e. The summed E-state index contributed by atoms with van der Waals surface area (Å²) >= 11 is 0. The number of ether oxygens (including phenoxy) is 1.